The molecule has 5 unspecified atom stereocenters. The van der Waals surface area contributed by atoms with Crippen LogP contribution in [0.15, 0.2) is 24.3 Å². The average Bonchev–Trinajstić information content (AvgIpc) is 2.93. The van der Waals surface area contributed by atoms with Crippen LogP contribution in [0.4, 0.5) is 4.39 Å². The first-order chi connectivity index (χ1) is 11.6. The van der Waals surface area contributed by atoms with Crippen molar-refractivity contribution >= 4 is 5.91 Å². The van der Waals surface area contributed by atoms with Crippen LogP contribution in [0.2, 0.25) is 0 Å². The smallest absolute Gasteiger partial charge is 0.223 e. The monoisotopic (exact) mass is 329 g/mol. The molecule has 4 aliphatic carbocycles. The molecule has 1 saturated heterocycles. The van der Waals surface area contributed by atoms with Gasteiger partial charge in [0.15, 0.2) is 0 Å². The van der Waals surface area contributed by atoms with E-state index < -0.39 is 0 Å². The maximum atomic E-state index is 13.5. The molecular formula is C20H24FNO2. The molecule has 5 atom stereocenters. The number of β-amino-alcohol motifs (C(OH)–C–C–N with tert-alkyl or cyclic N) is 1. The lowest BCUT2D eigenvalue weighted by Gasteiger charge is -2.47. The predicted octanol–water partition coefficient (Wildman–Crippen LogP) is 2.72. The third-order valence-electron chi connectivity index (χ3n) is 7.43. The van der Waals surface area contributed by atoms with Gasteiger partial charge in [-0.2, -0.15) is 0 Å². The van der Waals surface area contributed by atoms with Crippen molar-refractivity contribution in [3.8, 4) is 0 Å². The molecule has 4 bridgehead atoms. The highest BCUT2D eigenvalue weighted by Gasteiger charge is 2.63. The first-order valence-electron chi connectivity index (χ1n) is 9.28. The maximum Gasteiger partial charge on any atom is 0.223 e. The summed E-state index contributed by atoms with van der Waals surface area (Å²) in [7, 11) is 0. The first kappa shape index (κ1) is 14.9. The summed E-state index contributed by atoms with van der Waals surface area (Å²) in [5.41, 5.74) is 1.05. The molecule has 5 aliphatic rings. The van der Waals surface area contributed by atoms with Gasteiger partial charge >= 0.3 is 0 Å². The first-order valence-corrected chi connectivity index (χ1v) is 9.28. The number of aliphatic hydroxyl groups is 1. The molecule has 1 heterocycles. The molecule has 1 aromatic carbocycles. The molecule has 1 N–H and O–H groups in total. The van der Waals surface area contributed by atoms with Crippen LogP contribution in [0.1, 0.15) is 37.7 Å². The fourth-order valence-corrected chi connectivity index (χ4v) is 6.52. The van der Waals surface area contributed by atoms with E-state index in [1.807, 2.05) is 12.1 Å². The zero-order chi connectivity index (χ0) is 16.5. The van der Waals surface area contributed by atoms with E-state index in [9.17, 15) is 14.3 Å². The van der Waals surface area contributed by atoms with Gasteiger partial charge in [-0.3, -0.25) is 4.79 Å². The third-order valence-corrected chi connectivity index (χ3v) is 7.43. The van der Waals surface area contributed by atoms with Gasteiger partial charge in [-0.15, -0.1) is 0 Å². The van der Waals surface area contributed by atoms with Gasteiger partial charge in [0.25, 0.3) is 0 Å². The normalized spacial score (nSPS) is 40.2. The zero-order valence-corrected chi connectivity index (χ0v) is 13.8. The van der Waals surface area contributed by atoms with Crippen molar-refractivity contribution in [1.29, 1.82) is 0 Å². The number of benzene rings is 1. The van der Waals surface area contributed by atoms with Crippen LogP contribution in [0.5, 0.6) is 0 Å². The van der Waals surface area contributed by atoms with Crippen molar-refractivity contribution in [1.82, 2.24) is 4.90 Å². The van der Waals surface area contributed by atoms with Crippen LogP contribution in [0.3, 0.4) is 0 Å². The number of rotatable bonds is 3. The Bertz CT molecular complexity index is 665. The minimum absolute atomic E-state index is 0.108. The Kier molecular flexibility index (Phi) is 3.13. The molecule has 5 fully saturated rings. The number of hydrogen-bond acceptors (Lipinski definition) is 2. The SMILES string of the molecule is O=C(CC1(c2ccc(F)cc2)C2CC3CC(C2)C1C3)N1CC(O)C1. The summed E-state index contributed by atoms with van der Waals surface area (Å²) < 4.78 is 13.5. The minimum atomic E-state index is -0.355. The van der Waals surface area contributed by atoms with Crippen LogP contribution >= 0.6 is 0 Å². The summed E-state index contributed by atoms with van der Waals surface area (Å²) in [4.78, 5) is 14.7. The molecule has 1 amide bonds. The fraction of sp³-hybridized carbons (Fsp3) is 0.650. The molecule has 1 aromatic rings. The maximum absolute atomic E-state index is 13.5. The molecule has 4 saturated carbocycles. The Labute approximate surface area is 141 Å². The number of aliphatic hydroxyl groups excluding tert-OH is 1. The summed E-state index contributed by atoms with van der Waals surface area (Å²) in [5.74, 6) is 2.67. The Morgan fingerprint density at radius 2 is 1.92 bits per heavy atom. The van der Waals surface area contributed by atoms with E-state index in [1.54, 1.807) is 17.0 Å². The summed E-state index contributed by atoms with van der Waals surface area (Å²) >= 11 is 0. The van der Waals surface area contributed by atoms with Crippen LogP contribution in [0.25, 0.3) is 0 Å². The van der Waals surface area contributed by atoms with E-state index in [2.05, 4.69) is 0 Å². The Morgan fingerprint density at radius 3 is 2.58 bits per heavy atom. The van der Waals surface area contributed by atoms with Gasteiger partial charge in [-0.1, -0.05) is 12.1 Å². The number of carbonyl (C=O) groups is 1. The van der Waals surface area contributed by atoms with Crippen molar-refractivity contribution in [2.45, 2.75) is 43.6 Å². The summed E-state index contributed by atoms with van der Waals surface area (Å²) in [6.45, 7) is 0.944. The lowest BCUT2D eigenvalue weighted by atomic mass is 9.59. The molecule has 128 valence electrons. The van der Waals surface area contributed by atoms with Crippen molar-refractivity contribution < 1.29 is 14.3 Å². The second kappa shape index (κ2) is 5.04. The lowest BCUT2D eigenvalue weighted by molar-refractivity contribution is -0.144. The van der Waals surface area contributed by atoms with E-state index in [1.165, 1.54) is 25.7 Å². The zero-order valence-electron chi connectivity index (χ0n) is 13.8. The predicted molar refractivity (Wildman–Crippen MR) is 87.7 cm³/mol. The van der Waals surface area contributed by atoms with E-state index in [-0.39, 0.29) is 23.2 Å². The van der Waals surface area contributed by atoms with Crippen molar-refractivity contribution in [2.24, 2.45) is 23.7 Å². The molecule has 3 nitrogen and oxygen atoms in total. The highest BCUT2D eigenvalue weighted by molar-refractivity contribution is 5.79. The Balaban J connectivity index is 1.52. The standard InChI is InChI=1S/C20H24FNO2/c21-16-3-1-14(2-4-16)20(9-19(24)22-10-17(23)11-22)15-6-12-5-13(8-15)18(20)7-12/h1-4,12-13,15,17-18,23H,5-11H2. The van der Waals surface area contributed by atoms with Gasteiger partial charge in [0.2, 0.25) is 5.91 Å². The molecular weight excluding hydrogens is 305 g/mol. The molecule has 0 spiro atoms. The third kappa shape index (κ3) is 1.95. The topological polar surface area (TPSA) is 40.5 Å². The van der Waals surface area contributed by atoms with Gasteiger partial charge in [0, 0.05) is 24.9 Å². The molecule has 4 heteroatoms. The number of hydrogen-bond donors (Lipinski definition) is 1. The highest BCUT2D eigenvalue weighted by Crippen LogP contribution is 2.68. The minimum Gasteiger partial charge on any atom is -0.389 e. The number of amides is 1. The summed E-state index contributed by atoms with van der Waals surface area (Å²) in [5, 5.41) is 9.51. The van der Waals surface area contributed by atoms with Gasteiger partial charge in [-0.05, 0) is 67.1 Å². The Morgan fingerprint density at radius 1 is 1.17 bits per heavy atom. The largest absolute Gasteiger partial charge is 0.389 e. The summed E-state index contributed by atoms with van der Waals surface area (Å²) in [6, 6.07) is 6.93. The Hall–Kier alpha value is -1.42. The van der Waals surface area contributed by atoms with Crippen LogP contribution in [-0.4, -0.2) is 35.1 Å². The highest BCUT2D eigenvalue weighted by atomic mass is 19.1. The van der Waals surface area contributed by atoms with Crippen molar-refractivity contribution in [3.05, 3.63) is 35.6 Å². The van der Waals surface area contributed by atoms with Gasteiger partial charge in [-0.25, -0.2) is 4.39 Å². The quantitative estimate of drug-likeness (QED) is 0.926. The summed E-state index contributed by atoms with van der Waals surface area (Å²) in [6.07, 6.45) is 5.18. The molecule has 0 radical (unpaired) electrons. The second-order valence-electron chi connectivity index (χ2n) is 8.55. The number of carbonyl (C=O) groups excluding carboxylic acids is 1. The van der Waals surface area contributed by atoms with E-state index in [0.717, 1.165) is 17.4 Å². The second-order valence-corrected chi connectivity index (χ2v) is 8.55. The fourth-order valence-electron chi connectivity index (χ4n) is 6.52. The van der Waals surface area contributed by atoms with Gasteiger partial charge in [0.1, 0.15) is 5.82 Å². The van der Waals surface area contributed by atoms with Crippen molar-refractivity contribution in [3.63, 3.8) is 0 Å². The lowest BCUT2D eigenvalue weighted by Crippen LogP contribution is -2.56. The van der Waals surface area contributed by atoms with Crippen LogP contribution in [0, 0.1) is 29.5 Å². The van der Waals surface area contributed by atoms with Crippen molar-refractivity contribution in [2.75, 3.05) is 13.1 Å². The van der Waals surface area contributed by atoms with Gasteiger partial charge in [0.05, 0.1) is 6.10 Å². The van der Waals surface area contributed by atoms with E-state index >= 15 is 0 Å². The average molecular weight is 329 g/mol. The van der Waals surface area contributed by atoms with E-state index in [0.29, 0.717) is 31.3 Å². The van der Waals surface area contributed by atoms with E-state index in [4.69, 9.17) is 0 Å². The molecule has 6 rings (SSSR count). The molecule has 24 heavy (non-hydrogen) atoms. The number of likely N-dealkylation sites (tertiary alicyclic amines) is 1. The van der Waals surface area contributed by atoms with Crippen LogP contribution < -0.4 is 0 Å². The number of halogens is 1. The molecule has 1 aliphatic heterocycles. The van der Waals surface area contributed by atoms with Gasteiger partial charge < -0.3 is 10.0 Å². The van der Waals surface area contributed by atoms with Crippen LogP contribution in [-0.2, 0) is 10.2 Å². The number of nitrogens with zero attached hydrogens (tertiary/aromatic N) is 1. The molecule has 0 aromatic heterocycles.